The largest absolute Gasteiger partial charge is 0.333 e. The Morgan fingerprint density at radius 2 is 1.96 bits per heavy atom. The number of nitrogens with zero attached hydrogens (tertiary/aromatic N) is 3. The molecular formula is C18H32Cl2N4O. The van der Waals surface area contributed by atoms with Crippen molar-refractivity contribution in [3.63, 3.8) is 0 Å². The Hall–Kier alpha value is -0.880. The van der Waals surface area contributed by atoms with Crippen LogP contribution < -0.4 is 5.32 Å². The highest BCUT2D eigenvalue weighted by Gasteiger charge is 2.25. The number of carbonyl (C=O) groups excluding carboxylic acids is 1. The van der Waals surface area contributed by atoms with Crippen LogP contribution in [0.4, 0.5) is 0 Å². The van der Waals surface area contributed by atoms with Crippen molar-refractivity contribution in [3.8, 4) is 0 Å². The van der Waals surface area contributed by atoms with Crippen LogP contribution in [-0.4, -0.2) is 59.5 Å². The topological polar surface area (TPSA) is 48.5 Å². The zero-order valence-corrected chi connectivity index (χ0v) is 17.0. The average molecular weight is 391 g/mol. The number of aromatic nitrogens is 1. The zero-order valence-electron chi connectivity index (χ0n) is 15.3. The van der Waals surface area contributed by atoms with Gasteiger partial charge in [-0.25, -0.2) is 0 Å². The lowest BCUT2D eigenvalue weighted by molar-refractivity contribution is -0.135. The standard InChI is InChI=1S/C18H30N4O.2ClH/c1-3-21(4-2)15-18(23)22(14-16-8-5-6-12-20-16)17-9-7-11-19-13-10-17;;/h5-6,8,12,17,19H,3-4,7,9-11,13-15H2,1-2H3;2*1H. The highest BCUT2D eigenvalue weighted by atomic mass is 35.5. The quantitative estimate of drug-likeness (QED) is 0.777. The van der Waals surface area contributed by atoms with E-state index in [2.05, 4.69) is 33.9 Å². The molecule has 1 aliphatic rings. The molecule has 0 aliphatic carbocycles. The highest BCUT2D eigenvalue weighted by Crippen LogP contribution is 2.17. The van der Waals surface area contributed by atoms with Crippen molar-refractivity contribution in [3.05, 3.63) is 30.1 Å². The molecule has 2 rings (SSSR count). The third-order valence-electron chi connectivity index (χ3n) is 4.62. The van der Waals surface area contributed by atoms with E-state index in [-0.39, 0.29) is 30.7 Å². The molecule has 0 radical (unpaired) electrons. The van der Waals surface area contributed by atoms with Crippen molar-refractivity contribution >= 4 is 30.7 Å². The first-order valence-electron chi connectivity index (χ1n) is 8.87. The first kappa shape index (κ1) is 24.1. The van der Waals surface area contributed by atoms with E-state index in [1.807, 2.05) is 18.2 Å². The van der Waals surface area contributed by atoms with E-state index in [1.54, 1.807) is 6.20 Å². The predicted octanol–water partition coefficient (Wildman–Crippen LogP) is 2.74. The van der Waals surface area contributed by atoms with Crippen molar-refractivity contribution < 1.29 is 4.79 Å². The summed E-state index contributed by atoms with van der Waals surface area (Å²) in [5.41, 5.74) is 0.970. The Labute approximate surface area is 164 Å². The van der Waals surface area contributed by atoms with Gasteiger partial charge in [-0.15, -0.1) is 24.8 Å². The SMILES string of the molecule is CCN(CC)CC(=O)N(Cc1ccccn1)C1CCCNCC1.Cl.Cl. The number of pyridine rings is 1. The number of rotatable bonds is 7. The normalized spacial score (nSPS) is 17.2. The van der Waals surface area contributed by atoms with Crippen LogP contribution in [-0.2, 0) is 11.3 Å². The Morgan fingerprint density at radius 3 is 2.60 bits per heavy atom. The van der Waals surface area contributed by atoms with Crippen LogP contribution in [0, 0.1) is 0 Å². The number of likely N-dealkylation sites (N-methyl/N-ethyl adjacent to an activating group) is 1. The lowest BCUT2D eigenvalue weighted by atomic mass is 10.1. The van der Waals surface area contributed by atoms with Crippen LogP contribution in [0.15, 0.2) is 24.4 Å². The lowest BCUT2D eigenvalue weighted by Gasteiger charge is -2.32. The van der Waals surface area contributed by atoms with Gasteiger partial charge in [0.05, 0.1) is 18.8 Å². The van der Waals surface area contributed by atoms with Crippen LogP contribution in [0.2, 0.25) is 0 Å². The number of hydrogen-bond donors (Lipinski definition) is 1. The van der Waals surface area contributed by atoms with E-state index in [4.69, 9.17) is 0 Å². The molecule has 0 spiro atoms. The number of hydrogen-bond acceptors (Lipinski definition) is 4. The molecule has 1 atom stereocenters. The van der Waals surface area contributed by atoms with Gasteiger partial charge in [0.1, 0.15) is 0 Å². The predicted molar refractivity (Wildman–Crippen MR) is 108 cm³/mol. The molecule has 25 heavy (non-hydrogen) atoms. The van der Waals surface area contributed by atoms with Gasteiger partial charge in [-0.3, -0.25) is 14.7 Å². The van der Waals surface area contributed by atoms with Crippen molar-refractivity contribution in [2.24, 2.45) is 0 Å². The number of amides is 1. The molecule has 2 heterocycles. The van der Waals surface area contributed by atoms with Gasteiger partial charge < -0.3 is 10.2 Å². The van der Waals surface area contributed by atoms with Gasteiger partial charge in [0, 0.05) is 12.2 Å². The smallest absolute Gasteiger partial charge is 0.237 e. The second kappa shape index (κ2) is 13.3. The fourth-order valence-corrected chi connectivity index (χ4v) is 3.13. The fourth-order valence-electron chi connectivity index (χ4n) is 3.13. The number of carbonyl (C=O) groups is 1. The van der Waals surface area contributed by atoms with Crippen LogP contribution in [0.3, 0.4) is 0 Å². The van der Waals surface area contributed by atoms with E-state index in [1.165, 1.54) is 0 Å². The molecule has 1 fully saturated rings. The summed E-state index contributed by atoms with van der Waals surface area (Å²) in [4.78, 5) is 21.6. The molecular weight excluding hydrogens is 359 g/mol. The third-order valence-corrected chi connectivity index (χ3v) is 4.62. The maximum atomic E-state index is 12.9. The average Bonchev–Trinajstić information content (AvgIpc) is 2.87. The van der Waals surface area contributed by atoms with E-state index < -0.39 is 0 Å². The number of halogens is 2. The second-order valence-corrected chi connectivity index (χ2v) is 6.14. The van der Waals surface area contributed by atoms with E-state index in [0.29, 0.717) is 19.1 Å². The molecule has 1 unspecified atom stereocenters. The van der Waals surface area contributed by atoms with Gasteiger partial charge in [-0.2, -0.15) is 0 Å². The summed E-state index contributed by atoms with van der Waals surface area (Å²) in [6.45, 7) is 9.19. The molecule has 1 aromatic rings. The van der Waals surface area contributed by atoms with Crippen molar-refractivity contribution in [1.82, 2.24) is 20.1 Å². The fraction of sp³-hybridized carbons (Fsp3) is 0.667. The van der Waals surface area contributed by atoms with Crippen LogP contribution >= 0.6 is 24.8 Å². The maximum absolute atomic E-state index is 12.9. The summed E-state index contributed by atoms with van der Waals surface area (Å²) in [5, 5.41) is 3.43. The minimum Gasteiger partial charge on any atom is -0.333 e. The van der Waals surface area contributed by atoms with Crippen LogP contribution in [0.25, 0.3) is 0 Å². The molecule has 7 heteroatoms. The molecule has 0 saturated carbocycles. The molecule has 1 aromatic heterocycles. The summed E-state index contributed by atoms with van der Waals surface area (Å²) < 4.78 is 0. The van der Waals surface area contributed by atoms with E-state index in [9.17, 15) is 4.79 Å². The monoisotopic (exact) mass is 390 g/mol. The Balaban J connectivity index is 0.00000288. The number of nitrogens with one attached hydrogen (secondary N) is 1. The molecule has 1 amide bonds. The third kappa shape index (κ3) is 7.90. The first-order valence-corrected chi connectivity index (χ1v) is 8.87. The second-order valence-electron chi connectivity index (χ2n) is 6.14. The summed E-state index contributed by atoms with van der Waals surface area (Å²) in [5.74, 6) is 0.228. The molecule has 144 valence electrons. The van der Waals surface area contributed by atoms with Crippen LogP contribution in [0.1, 0.15) is 38.8 Å². The van der Waals surface area contributed by atoms with Crippen molar-refractivity contribution in [2.45, 2.75) is 45.7 Å². The van der Waals surface area contributed by atoms with Crippen molar-refractivity contribution in [2.75, 3.05) is 32.7 Å². The van der Waals surface area contributed by atoms with Gasteiger partial charge in [-0.05, 0) is 57.6 Å². The summed E-state index contributed by atoms with van der Waals surface area (Å²) in [6.07, 6.45) is 5.03. The summed E-state index contributed by atoms with van der Waals surface area (Å²) >= 11 is 0. The molecule has 0 aromatic carbocycles. The Kier molecular flexibility index (Phi) is 12.9. The molecule has 0 bridgehead atoms. The van der Waals surface area contributed by atoms with Gasteiger partial charge in [0.15, 0.2) is 0 Å². The maximum Gasteiger partial charge on any atom is 0.237 e. The van der Waals surface area contributed by atoms with E-state index >= 15 is 0 Å². The van der Waals surface area contributed by atoms with Gasteiger partial charge in [0.2, 0.25) is 5.91 Å². The van der Waals surface area contributed by atoms with Gasteiger partial charge >= 0.3 is 0 Å². The Morgan fingerprint density at radius 1 is 1.20 bits per heavy atom. The molecule has 5 nitrogen and oxygen atoms in total. The summed E-state index contributed by atoms with van der Waals surface area (Å²) in [7, 11) is 0. The zero-order chi connectivity index (χ0) is 16.5. The van der Waals surface area contributed by atoms with Crippen LogP contribution in [0.5, 0.6) is 0 Å². The summed E-state index contributed by atoms with van der Waals surface area (Å²) in [6, 6.07) is 6.23. The minimum atomic E-state index is 0. The molecule has 1 N–H and O–H groups in total. The first-order chi connectivity index (χ1) is 11.2. The van der Waals surface area contributed by atoms with Crippen molar-refractivity contribution in [1.29, 1.82) is 0 Å². The van der Waals surface area contributed by atoms with Gasteiger partial charge in [0.25, 0.3) is 0 Å². The highest BCUT2D eigenvalue weighted by molar-refractivity contribution is 5.85. The molecule has 1 aliphatic heterocycles. The van der Waals surface area contributed by atoms with Gasteiger partial charge in [-0.1, -0.05) is 19.9 Å². The molecule has 1 saturated heterocycles. The Bertz CT molecular complexity index is 463. The van der Waals surface area contributed by atoms with E-state index in [0.717, 1.165) is 51.1 Å². The lowest BCUT2D eigenvalue weighted by Crippen LogP contribution is -2.45. The minimum absolute atomic E-state index is 0.